The summed E-state index contributed by atoms with van der Waals surface area (Å²) >= 11 is 0. The lowest BCUT2D eigenvalue weighted by Gasteiger charge is -2.44. The zero-order chi connectivity index (χ0) is 32.6. The van der Waals surface area contributed by atoms with Gasteiger partial charge in [-0.1, -0.05) is 83.9 Å². The van der Waals surface area contributed by atoms with Crippen LogP contribution in [0, 0.1) is 35.5 Å². The highest BCUT2D eigenvalue weighted by molar-refractivity contribution is 5.87. The molecule has 2 aliphatic rings. The summed E-state index contributed by atoms with van der Waals surface area (Å²) in [5, 5.41) is 33.4. The molecular formula is C35H58O8. The normalized spacial score (nSPS) is 40.1. The molecule has 0 aromatic rings. The number of aliphatic hydroxyl groups is 3. The predicted octanol–water partition coefficient (Wildman–Crippen LogP) is 5.37. The third-order valence-electron chi connectivity index (χ3n) is 9.36. The Morgan fingerprint density at radius 3 is 2.23 bits per heavy atom. The number of allylic oxidation sites excluding steroid dienone is 5. The quantitative estimate of drug-likeness (QED) is 0.332. The number of hydrogen-bond acceptors (Lipinski definition) is 8. The van der Waals surface area contributed by atoms with Gasteiger partial charge in [0.15, 0.2) is 0 Å². The van der Waals surface area contributed by atoms with Crippen LogP contribution in [0.1, 0.15) is 75.2 Å². The van der Waals surface area contributed by atoms with E-state index in [4.69, 9.17) is 18.9 Å². The molecule has 43 heavy (non-hydrogen) atoms. The summed E-state index contributed by atoms with van der Waals surface area (Å²) in [6.45, 7) is 17.8. The number of carbonyl (C=O) groups is 1. The molecule has 0 amide bonds. The van der Waals surface area contributed by atoms with Crippen molar-refractivity contribution in [3.8, 4) is 0 Å². The lowest BCUT2D eigenvalue weighted by Crippen LogP contribution is -2.51. The Kier molecular flexibility index (Phi) is 14.6. The highest BCUT2D eigenvalue weighted by Crippen LogP contribution is 2.36. The first-order chi connectivity index (χ1) is 20.1. The topological polar surface area (TPSA) is 115 Å². The molecule has 0 aliphatic carbocycles. The van der Waals surface area contributed by atoms with Gasteiger partial charge in [0.2, 0.25) is 5.76 Å². The van der Waals surface area contributed by atoms with Crippen molar-refractivity contribution in [3.63, 3.8) is 0 Å². The maximum atomic E-state index is 13.5. The summed E-state index contributed by atoms with van der Waals surface area (Å²) in [6.07, 6.45) is 6.31. The number of esters is 1. The van der Waals surface area contributed by atoms with Crippen molar-refractivity contribution in [3.05, 3.63) is 47.3 Å². The predicted molar refractivity (Wildman–Crippen MR) is 169 cm³/mol. The van der Waals surface area contributed by atoms with Crippen LogP contribution in [0.15, 0.2) is 47.3 Å². The number of methoxy groups -OCH3 is 2. The first kappa shape index (κ1) is 37.2. The Hall–Kier alpha value is -1.97. The smallest absolute Gasteiger partial charge is 0.373 e. The minimum Gasteiger partial charge on any atom is -0.490 e. The van der Waals surface area contributed by atoms with E-state index < -0.39 is 42.4 Å². The van der Waals surface area contributed by atoms with E-state index in [2.05, 4.69) is 13.8 Å². The second-order valence-electron chi connectivity index (χ2n) is 13.4. The molecule has 1 fully saturated rings. The molecule has 2 rings (SSSR count). The molecule has 8 heteroatoms. The van der Waals surface area contributed by atoms with Crippen LogP contribution in [-0.4, -0.2) is 78.2 Å². The van der Waals surface area contributed by atoms with Gasteiger partial charge in [0.25, 0.3) is 0 Å². The molecule has 0 radical (unpaired) electrons. The largest absolute Gasteiger partial charge is 0.490 e. The van der Waals surface area contributed by atoms with Crippen LogP contribution in [0.3, 0.4) is 0 Å². The van der Waals surface area contributed by atoms with E-state index in [9.17, 15) is 20.1 Å². The molecule has 0 aromatic heterocycles. The number of ether oxygens (including phenoxy) is 4. The first-order valence-corrected chi connectivity index (χ1v) is 15.8. The second-order valence-corrected chi connectivity index (χ2v) is 13.4. The van der Waals surface area contributed by atoms with Crippen molar-refractivity contribution in [1.29, 1.82) is 0 Å². The monoisotopic (exact) mass is 606 g/mol. The molecule has 0 bridgehead atoms. The van der Waals surface area contributed by atoms with Gasteiger partial charge in [-0.15, -0.1) is 0 Å². The maximum absolute atomic E-state index is 13.5. The molecule has 8 nitrogen and oxygen atoms in total. The molecule has 2 aliphatic heterocycles. The highest BCUT2D eigenvalue weighted by atomic mass is 16.6. The molecule has 0 spiro atoms. The van der Waals surface area contributed by atoms with Crippen molar-refractivity contribution < 1.29 is 39.1 Å². The molecule has 12 atom stereocenters. The van der Waals surface area contributed by atoms with Gasteiger partial charge < -0.3 is 34.3 Å². The fraction of sp³-hybridized carbons (Fsp3) is 0.743. The summed E-state index contributed by atoms with van der Waals surface area (Å²) in [7, 11) is 2.95. The van der Waals surface area contributed by atoms with Gasteiger partial charge in [0, 0.05) is 37.2 Å². The van der Waals surface area contributed by atoms with E-state index in [1.165, 1.54) is 7.11 Å². The number of cyclic esters (lactones) is 1. The van der Waals surface area contributed by atoms with Gasteiger partial charge in [-0.3, -0.25) is 0 Å². The number of rotatable bonds is 7. The molecule has 1 saturated heterocycles. The van der Waals surface area contributed by atoms with Crippen molar-refractivity contribution in [1.82, 2.24) is 0 Å². The lowest BCUT2D eigenvalue weighted by atomic mass is 9.78. The van der Waals surface area contributed by atoms with E-state index in [-0.39, 0.29) is 47.6 Å². The average molecular weight is 607 g/mol. The number of carbonyl (C=O) groups excluding carboxylic acids is 1. The van der Waals surface area contributed by atoms with E-state index in [1.54, 1.807) is 13.2 Å². The van der Waals surface area contributed by atoms with Crippen LogP contribution in [0.4, 0.5) is 0 Å². The first-order valence-electron chi connectivity index (χ1n) is 15.8. The highest BCUT2D eigenvalue weighted by Gasteiger charge is 2.43. The summed E-state index contributed by atoms with van der Waals surface area (Å²) in [4.78, 5) is 13.5. The fourth-order valence-corrected chi connectivity index (χ4v) is 6.54. The average Bonchev–Trinajstić information content (AvgIpc) is 2.95. The third-order valence-corrected chi connectivity index (χ3v) is 9.36. The van der Waals surface area contributed by atoms with Crippen LogP contribution in [0.2, 0.25) is 0 Å². The Balaban J connectivity index is 2.47. The number of hydrogen-bond donors (Lipinski definition) is 3. The fourth-order valence-electron chi connectivity index (χ4n) is 6.54. The number of aliphatic hydroxyl groups excluding tert-OH is 3. The van der Waals surface area contributed by atoms with Crippen LogP contribution >= 0.6 is 0 Å². The standard InChI is InChI=1S/C35H58O8/c1-19(2)33-24(7)27(36)18-29(42-33)25(8)32(38)26(9)34-28(40-10)14-12-13-20(3)15-22(5)31(37)23(6)16-21(4)17-30(41-11)35(39)43-34/h12-14,16-17,19,22-29,31-34,36-38H,15,18H2,1-11H3/b14-12+,20-13+,21-16+,30-17-/t22-,23-,24+,25-,26+,27-,28+,29-,31+,32+,33-,34+/m1/s1. The SMILES string of the molecule is CO/C1=C\C(C)=C\[C@@H](C)[C@@H](O)[C@H](C)C/C(C)=C/C=C/[C@H](OC)[C@H]([C@@H](C)[C@@H](O)[C@H](C)[C@H]2C[C@@H](O)[C@H](C)[C@@H](C(C)C)O2)OC1=O. The van der Waals surface area contributed by atoms with Gasteiger partial charge in [-0.25, -0.2) is 4.79 Å². The van der Waals surface area contributed by atoms with Gasteiger partial charge in [-0.2, -0.15) is 0 Å². The molecule has 0 saturated carbocycles. The zero-order valence-corrected chi connectivity index (χ0v) is 28.2. The van der Waals surface area contributed by atoms with E-state index >= 15 is 0 Å². The van der Waals surface area contributed by atoms with Crippen molar-refractivity contribution in [2.24, 2.45) is 35.5 Å². The van der Waals surface area contributed by atoms with Crippen LogP contribution in [-0.2, 0) is 23.7 Å². The Morgan fingerprint density at radius 1 is 1.00 bits per heavy atom. The summed E-state index contributed by atoms with van der Waals surface area (Å²) in [5.74, 6) is -1.48. The molecule has 0 unspecified atom stereocenters. The van der Waals surface area contributed by atoms with E-state index in [0.29, 0.717) is 12.8 Å². The van der Waals surface area contributed by atoms with Crippen molar-refractivity contribution in [2.75, 3.05) is 14.2 Å². The van der Waals surface area contributed by atoms with Crippen LogP contribution in [0.5, 0.6) is 0 Å². The minimum absolute atomic E-state index is 0.00224. The van der Waals surface area contributed by atoms with Crippen molar-refractivity contribution >= 4 is 5.97 Å². The van der Waals surface area contributed by atoms with Crippen molar-refractivity contribution in [2.45, 2.75) is 118 Å². The van der Waals surface area contributed by atoms with Gasteiger partial charge in [0.1, 0.15) is 12.2 Å². The summed E-state index contributed by atoms with van der Waals surface area (Å²) in [5.41, 5.74) is 1.85. The lowest BCUT2D eigenvalue weighted by molar-refractivity contribution is -0.184. The molecule has 2 heterocycles. The van der Waals surface area contributed by atoms with Gasteiger partial charge in [-0.05, 0) is 38.2 Å². The molecule has 3 N–H and O–H groups in total. The Labute approximate surface area is 259 Å². The maximum Gasteiger partial charge on any atom is 0.373 e. The molecule has 246 valence electrons. The summed E-state index contributed by atoms with van der Waals surface area (Å²) < 4.78 is 23.8. The second kappa shape index (κ2) is 16.9. The Bertz CT molecular complexity index is 1010. The molecule has 0 aromatic carbocycles. The van der Waals surface area contributed by atoms with Crippen LogP contribution in [0.25, 0.3) is 0 Å². The van der Waals surface area contributed by atoms with Crippen LogP contribution < -0.4 is 0 Å². The van der Waals surface area contributed by atoms with E-state index in [0.717, 1.165) is 11.1 Å². The summed E-state index contributed by atoms with van der Waals surface area (Å²) in [6, 6.07) is 0. The van der Waals surface area contributed by atoms with Gasteiger partial charge in [0.05, 0.1) is 37.6 Å². The zero-order valence-electron chi connectivity index (χ0n) is 28.2. The Morgan fingerprint density at radius 2 is 1.65 bits per heavy atom. The third kappa shape index (κ3) is 10.0. The van der Waals surface area contributed by atoms with Gasteiger partial charge >= 0.3 is 5.97 Å². The van der Waals surface area contributed by atoms with E-state index in [1.807, 2.05) is 72.8 Å². The minimum atomic E-state index is -0.926. The molecular weight excluding hydrogens is 548 g/mol.